The van der Waals surface area contributed by atoms with Crippen molar-refractivity contribution in [2.24, 2.45) is 0 Å². The molecule has 6 nitrogen and oxygen atoms in total. The van der Waals surface area contributed by atoms with Crippen molar-refractivity contribution in [3.05, 3.63) is 79.4 Å². The van der Waals surface area contributed by atoms with E-state index in [9.17, 15) is 14.0 Å². The molecular weight excluding hydrogens is 458 g/mol. The zero-order chi connectivity index (χ0) is 22.4. The van der Waals surface area contributed by atoms with Gasteiger partial charge in [-0.3, -0.25) is 14.5 Å². The van der Waals surface area contributed by atoms with Gasteiger partial charge >= 0.3 is 0 Å². The highest BCUT2D eigenvalue weighted by Gasteiger charge is 2.42. The lowest BCUT2D eigenvalue weighted by Gasteiger charge is -2.31. The van der Waals surface area contributed by atoms with Crippen LogP contribution in [0.3, 0.4) is 0 Å². The van der Waals surface area contributed by atoms with Gasteiger partial charge in [0.05, 0.1) is 40.3 Å². The van der Waals surface area contributed by atoms with E-state index in [1.165, 1.54) is 12.1 Å². The standard InChI is InChI=1S/C23H19Cl2FN2O4/c24-16-3-1-13(11-17(16)25)20-19-21(29)15-12-14(26)2-4-18(15)32-22(19)23(30)28(20)6-5-27-7-9-31-10-8-27/h1-4,11-12,20H,5-10H2. The largest absolute Gasteiger partial charge is 0.450 e. The molecule has 3 aromatic rings. The second-order valence-corrected chi connectivity index (χ2v) is 8.66. The summed E-state index contributed by atoms with van der Waals surface area (Å²) < 4.78 is 25.1. The Morgan fingerprint density at radius 3 is 2.53 bits per heavy atom. The van der Waals surface area contributed by atoms with Gasteiger partial charge in [0.2, 0.25) is 5.76 Å². The SMILES string of the molecule is O=C1c2oc3ccc(F)cc3c(=O)c2C(c2ccc(Cl)c(Cl)c2)N1CCN1CCOCC1. The van der Waals surface area contributed by atoms with Gasteiger partial charge in [-0.2, -0.15) is 0 Å². The van der Waals surface area contributed by atoms with Crippen molar-refractivity contribution in [1.82, 2.24) is 9.80 Å². The summed E-state index contributed by atoms with van der Waals surface area (Å²) in [5, 5.41) is 0.776. The van der Waals surface area contributed by atoms with E-state index in [0.717, 1.165) is 19.2 Å². The van der Waals surface area contributed by atoms with E-state index in [1.54, 1.807) is 23.1 Å². The topological polar surface area (TPSA) is 63.0 Å². The van der Waals surface area contributed by atoms with E-state index in [1.807, 2.05) is 0 Å². The molecule has 1 saturated heterocycles. The fraction of sp³-hybridized carbons (Fsp3) is 0.304. The summed E-state index contributed by atoms with van der Waals surface area (Å²) in [7, 11) is 0. The van der Waals surface area contributed by atoms with Crippen molar-refractivity contribution >= 4 is 40.1 Å². The fourth-order valence-electron chi connectivity index (χ4n) is 4.33. The first-order valence-electron chi connectivity index (χ1n) is 10.3. The molecule has 166 valence electrons. The number of hydrogen-bond donors (Lipinski definition) is 0. The summed E-state index contributed by atoms with van der Waals surface area (Å²) in [6.07, 6.45) is 0. The third-order valence-electron chi connectivity index (χ3n) is 5.95. The maximum atomic E-state index is 13.9. The predicted octanol–water partition coefficient (Wildman–Crippen LogP) is 4.12. The van der Waals surface area contributed by atoms with Gasteiger partial charge in [-0.15, -0.1) is 0 Å². The van der Waals surface area contributed by atoms with Crippen LogP contribution in [-0.2, 0) is 4.74 Å². The van der Waals surface area contributed by atoms with Crippen LogP contribution in [0.2, 0.25) is 10.0 Å². The van der Waals surface area contributed by atoms with Gasteiger partial charge in [0.25, 0.3) is 5.91 Å². The Bertz CT molecular complexity index is 1270. The molecule has 0 aliphatic carbocycles. The second kappa shape index (κ2) is 8.48. The number of hydrogen-bond acceptors (Lipinski definition) is 5. The van der Waals surface area contributed by atoms with Crippen LogP contribution < -0.4 is 5.43 Å². The minimum atomic E-state index is -0.711. The van der Waals surface area contributed by atoms with Crippen molar-refractivity contribution < 1.29 is 18.3 Å². The number of amides is 1. The average molecular weight is 477 g/mol. The van der Waals surface area contributed by atoms with Crippen molar-refractivity contribution in [2.75, 3.05) is 39.4 Å². The van der Waals surface area contributed by atoms with Crippen molar-refractivity contribution in [2.45, 2.75) is 6.04 Å². The molecular formula is C23H19Cl2FN2O4. The lowest BCUT2D eigenvalue weighted by atomic mass is 9.98. The molecule has 0 N–H and O–H groups in total. The monoisotopic (exact) mass is 476 g/mol. The van der Waals surface area contributed by atoms with Gasteiger partial charge < -0.3 is 14.1 Å². The van der Waals surface area contributed by atoms with Crippen LogP contribution in [0.15, 0.2) is 45.6 Å². The normalized spacial score (nSPS) is 19.0. The van der Waals surface area contributed by atoms with Crippen molar-refractivity contribution in [3.63, 3.8) is 0 Å². The molecule has 0 bridgehead atoms. The molecule has 9 heteroatoms. The molecule has 2 aliphatic heterocycles. The van der Waals surface area contributed by atoms with Gasteiger partial charge in [-0.25, -0.2) is 4.39 Å². The maximum Gasteiger partial charge on any atom is 0.290 e. The molecule has 2 aromatic carbocycles. The van der Waals surface area contributed by atoms with E-state index in [-0.39, 0.29) is 28.2 Å². The van der Waals surface area contributed by atoms with Gasteiger partial charge in [0.1, 0.15) is 11.4 Å². The highest BCUT2D eigenvalue weighted by atomic mass is 35.5. The first-order chi connectivity index (χ1) is 15.4. The van der Waals surface area contributed by atoms with E-state index >= 15 is 0 Å². The van der Waals surface area contributed by atoms with Crippen LogP contribution in [-0.4, -0.2) is 55.1 Å². The smallest absolute Gasteiger partial charge is 0.290 e. The van der Waals surface area contributed by atoms with E-state index in [0.29, 0.717) is 41.9 Å². The van der Waals surface area contributed by atoms with Gasteiger partial charge in [-0.1, -0.05) is 29.3 Å². The number of carbonyl (C=O) groups is 1. The molecule has 1 fully saturated rings. The zero-order valence-electron chi connectivity index (χ0n) is 16.9. The highest BCUT2D eigenvalue weighted by Crippen LogP contribution is 2.39. The fourth-order valence-corrected chi connectivity index (χ4v) is 4.63. The van der Waals surface area contributed by atoms with Crippen molar-refractivity contribution in [1.29, 1.82) is 0 Å². The lowest BCUT2D eigenvalue weighted by Crippen LogP contribution is -2.42. The minimum Gasteiger partial charge on any atom is -0.450 e. The Morgan fingerprint density at radius 1 is 1.00 bits per heavy atom. The van der Waals surface area contributed by atoms with Crippen LogP contribution in [0, 0.1) is 5.82 Å². The summed E-state index contributed by atoms with van der Waals surface area (Å²) >= 11 is 12.3. The van der Waals surface area contributed by atoms with Crippen LogP contribution in [0.4, 0.5) is 4.39 Å². The van der Waals surface area contributed by atoms with E-state index in [2.05, 4.69) is 4.90 Å². The molecule has 3 heterocycles. The number of morpholine rings is 1. The summed E-state index contributed by atoms with van der Waals surface area (Å²) in [6, 6.07) is 8.00. The summed E-state index contributed by atoms with van der Waals surface area (Å²) in [4.78, 5) is 30.6. The highest BCUT2D eigenvalue weighted by molar-refractivity contribution is 6.42. The summed E-state index contributed by atoms with van der Waals surface area (Å²) in [5.74, 6) is -0.954. The van der Waals surface area contributed by atoms with Crippen LogP contribution in [0.1, 0.15) is 27.7 Å². The Hall–Kier alpha value is -2.45. The molecule has 2 aliphatic rings. The zero-order valence-corrected chi connectivity index (χ0v) is 18.5. The first-order valence-corrected chi connectivity index (χ1v) is 11.0. The van der Waals surface area contributed by atoms with Crippen molar-refractivity contribution in [3.8, 4) is 0 Å². The molecule has 1 amide bonds. The Labute approximate surface area is 193 Å². The van der Waals surface area contributed by atoms with Gasteiger partial charge in [0.15, 0.2) is 5.43 Å². The summed E-state index contributed by atoms with van der Waals surface area (Å²) in [6.45, 7) is 3.81. The Morgan fingerprint density at radius 2 is 1.78 bits per heavy atom. The first kappa shape index (κ1) is 21.4. The van der Waals surface area contributed by atoms with E-state index in [4.69, 9.17) is 32.4 Å². The average Bonchev–Trinajstić information content (AvgIpc) is 3.07. The third kappa shape index (κ3) is 3.69. The molecule has 0 radical (unpaired) electrons. The van der Waals surface area contributed by atoms with Crippen LogP contribution in [0.5, 0.6) is 0 Å². The Kier molecular flexibility index (Phi) is 5.67. The number of rotatable bonds is 4. The Balaban J connectivity index is 1.62. The maximum absolute atomic E-state index is 13.9. The van der Waals surface area contributed by atoms with Gasteiger partial charge in [0, 0.05) is 26.2 Å². The number of fused-ring (bicyclic) bond motifs is 2. The molecule has 0 saturated carbocycles. The van der Waals surface area contributed by atoms with E-state index < -0.39 is 17.3 Å². The molecule has 0 spiro atoms. The number of halogens is 3. The minimum absolute atomic E-state index is 0.0211. The van der Waals surface area contributed by atoms with Crippen LogP contribution >= 0.6 is 23.2 Å². The van der Waals surface area contributed by atoms with Crippen LogP contribution in [0.25, 0.3) is 11.0 Å². The molecule has 5 rings (SSSR count). The summed E-state index contributed by atoms with van der Waals surface area (Å²) in [5.41, 5.74) is 0.565. The number of ether oxygens (including phenoxy) is 1. The number of benzene rings is 2. The van der Waals surface area contributed by atoms with Gasteiger partial charge in [-0.05, 0) is 35.9 Å². The molecule has 1 aromatic heterocycles. The third-order valence-corrected chi connectivity index (χ3v) is 6.69. The quantitative estimate of drug-likeness (QED) is 0.566. The molecule has 1 unspecified atom stereocenters. The second-order valence-electron chi connectivity index (χ2n) is 7.84. The molecule has 32 heavy (non-hydrogen) atoms. The lowest BCUT2D eigenvalue weighted by molar-refractivity contribution is 0.0314. The molecule has 1 atom stereocenters. The predicted molar refractivity (Wildman–Crippen MR) is 119 cm³/mol. The number of nitrogens with zero attached hydrogens (tertiary/aromatic N) is 2. The number of carbonyl (C=O) groups excluding carboxylic acids is 1.